The lowest BCUT2D eigenvalue weighted by atomic mass is 10.2. The molecule has 3 rings (SSSR count). The summed E-state index contributed by atoms with van der Waals surface area (Å²) >= 11 is 1.98. The van der Waals surface area contributed by atoms with Gasteiger partial charge in [0.2, 0.25) is 0 Å². The van der Waals surface area contributed by atoms with Crippen LogP contribution in [0, 0.1) is 15.2 Å². The summed E-state index contributed by atoms with van der Waals surface area (Å²) in [4.78, 5) is 24.0. The first-order valence-corrected chi connectivity index (χ1v) is 8.49. The molecule has 4 N–H and O–H groups in total. The summed E-state index contributed by atoms with van der Waals surface area (Å²) in [6, 6.07) is 5.67. The SMILES string of the molecule is O=C(NOCCO)c1c(Nc2ccc(I)cc2F)[nH]c2ncc(F)cc12. The highest BCUT2D eigenvalue weighted by molar-refractivity contribution is 14.1. The maximum atomic E-state index is 14.1. The minimum absolute atomic E-state index is 0.00268. The number of hydroxylamine groups is 1. The summed E-state index contributed by atoms with van der Waals surface area (Å²) < 4.78 is 28.4. The van der Waals surface area contributed by atoms with Gasteiger partial charge in [-0.2, -0.15) is 0 Å². The van der Waals surface area contributed by atoms with E-state index in [-0.39, 0.29) is 41.3 Å². The van der Waals surface area contributed by atoms with E-state index in [1.165, 1.54) is 12.1 Å². The van der Waals surface area contributed by atoms with E-state index in [1.807, 2.05) is 22.6 Å². The third-order valence-corrected chi connectivity index (χ3v) is 4.06. The van der Waals surface area contributed by atoms with Crippen LogP contribution in [0.25, 0.3) is 11.0 Å². The van der Waals surface area contributed by atoms with Gasteiger partial charge in [-0.05, 0) is 46.9 Å². The Bertz CT molecular complexity index is 964. The van der Waals surface area contributed by atoms with Crippen LogP contribution in [0.1, 0.15) is 10.4 Å². The molecule has 0 radical (unpaired) electrons. The van der Waals surface area contributed by atoms with Crippen molar-refractivity contribution in [2.24, 2.45) is 0 Å². The molecular weight excluding hydrogens is 461 g/mol. The molecule has 0 saturated carbocycles. The number of halogens is 3. The van der Waals surface area contributed by atoms with E-state index in [4.69, 9.17) is 9.94 Å². The second kappa shape index (κ2) is 7.93. The number of anilines is 2. The first kappa shape index (κ1) is 18.5. The van der Waals surface area contributed by atoms with Crippen molar-refractivity contribution < 1.29 is 23.5 Å². The van der Waals surface area contributed by atoms with Crippen molar-refractivity contribution in [3.63, 3.8) is 0 Å². The summed E-state index contributed by atoms with van der Waals surface area (Å²) in [5, 5.41) is 11.7. The highest BCUT2D eigenvalue weighted by Crippen LogP contribution is 2.29. The fourth-order valence-corrected chi connectivity index (χ4v) is 2.77. The fraction of sp³-hybridized carbons (Fsp3) is 0.125. The van der Waals surface area contributed by atoms with Gasteiger partial charge in [0.25, 0.3) is 5.91 Å². The lowest BCUT2D eigenvalue weighted by Gasteiger charge is -2.09. The van der Waals surface area contributed by atoms with Crippen LogP contribution in [-0.4, -0.2) is 34.2 Å². The van der Waals surface area contributed by atoms with E-state index < -0.39 is 17.5 Å². The second-order valence-electron chi connectivity index (χ2n) is 5.18. The number of aromatic nitrogens is 2. The minimum atomic E-state index is -0.703. The van der Waals surface area contributed by atoms with Gasteiger partial charge in [-0.3, -0.25) is 9.63 Å². The Morgan fingerprint density at radius 2 is 2.15 bits per heavy atom. The number of fused-ring (bicyclic) bond motifs is 1. The Morgan fingerprint density at radius 3 is 2.88 bits per heavy atom. The van der Waals surface area contributed by atoms with Crippen molar-refractivity contribution in [1.82, 2.24) is 15.4 Å². The summed E-state index contributed by atoms with van der Waals surface area (Å²) in [5.41, 5.74) is 2.52. The number of benzene rings is 1. The van der Waals surface area contributed by atoms with Crippen molar-refractivity contribution in [3.8, 4) is 0 Å². The molecule has 1 amide bonds. The number of aliphatic hydroxyl groups excluding tert-OH is 1. The number of carbonyl (C=O) groups is 1. The summed E-state index contributed by atoms with van der Waals surface area (Å²) in [6.45, 7) is -0.404. The number of aliphatic hydroxyl groups is 1. The molecule has 0 spiro atoms. The first-order chi connectivity index (χ1) is 12.5. The predicted octanol–water partition coefficient (Wildman–Crippen LogP) is 2.84. The van der Waals surface area contributed by atoms with Gasteiger partial charge in [0.1, 0.15) is 23.1 Å². The Morgan fingerprint density at radius 1 is 1.35 bits per heavy atom. The molecule has 0 atom stereocenters. The molecule has 0 aliphatic carbocycles. The number of rotatable bonds is 6. The van der Waals surface area contributed by atoms with Gasteiger partial charge in [0.15, 0.2) is 0 Å². The van der Waals surface area contributed by atoms with Crippen LogP contribution in [0.15, 0.2) is 30.5 Å². The molecule has 0 aliphatic rings. The zero-order valence-electron chi connectivity index (χ0n) is 13.1. The largest absolute Gasteiger partial charge is 0.394 e. The molecule has 10 heteroatoms. The predicted molar refractivity (Wildman–Crippen MR) is 99.0 cm³/mol. The van der Waals surface area contributed by atoms with Gasteiger partial charge in [-0.1, -0.05) is 0 Å². The number of hydrogen-bond donors (Lipinski definition) is 4. The summed E-state index contributed by atoms with van der Waals surface area (Å²) in [6.07, 6.45) is 0.998. The number of carbonyl (C=O) groups excluding carboxylic acids is 1. The van der Waals surface area contributed by atoms with Crippen molar-refractivity contribution in [2.45, 2.75) is 0 Å². The molecule has 0 saturated heterocycles. The molecule has 3 aromatic rings. The highest BCUT2D eigenvalue weighted by atomic mass is 127. The molecular formula is C16H13F2IN4O3. The van der Waals surface area contributed by atoms with Crippen molar-refractivity contribution in [1.29, 1.82) is 0 Å². The highest BCUT2D eigenvalue weighted by Gasteiger charge is 2.21. The van der Waals surface area contributed by atoms with Crippen molar-refractivity contribution in [3.05, 3.63) is 51.2 Å². The van der Waals surface area contributed by atoms with Crippen molar-refractivity contribution >= 4 is 51.0 Å². The van der Waals surface area contributed by atoms with Crippen molar-refractivity contribution in [2.75, 3.05) is 18.5 Å². The Hall–Kier alpha value is -2.31. The van der Waals surface area contributed by atoms with Crippen LogP contribution < -0.4 is 10.8 Å². The average molecular weight is 474 g/mol. The average Bonchev–Trinajstić information content (AvgIpc) is 2.94. The van der Waals surface area contributed by atoms with Crippen LogP contribution in [-0.2, 0) is 4.84 Å². The molecule has 2 aromatic heterocycles. The number of aromatic amines is 1. The van der Waals surface area contributed by atoms with Crippen LogP contribution in [0.5, 0.6) is 0 Å². The third-order valence-electron chi connectivity index (χ3n) is 3.39. The second-order valence-corrected chi connectivity index (χ2v) is 6.42. The first-order valence-electron chi connectivity index (χ1n) is 7.42. The molecule has 1 aromatic carbocycles. The molecule has 7 nitrogen and oxygen atoms in total. The topological polar surface area (TPSA) is 99.3 Å². The zero-order chi connectivity index (χ0) is 18.7. The van der Waals surface area contributed by atoms with Crippen LogP contribution in [0.3, 0.4) is 0 Å². The third kappa shape index (κ3) is 3.92. The van der Waals surface area contributed by atoms with E-state index in [9.17, 15) is 13.6 Å². The fourth-order valence-electron chi connectivity index (χ4n) is 2.31. The Labute approximate surface area is 159 Å². The molecule has 0 unspecified atom stereocenters. The molecule has 26 heavy (non-hydrogen) atoms. The maximum absolute atomic E-state index is 14.1. The lowest BCUT2D eigenvalue weighted by Crippen LogP contribution is -2.25. The lowest BCUT2D eigenvalue weighted by molar-refractivity contribution is 0.0170. The van der Waals surface area contributed by atoms with Crippen LogP contribution in [0.4, 0.5) is 20.3 Å². The molecule has 2 heterocycles. The van der Waals surface area contributed by atoms with Gasteiger partial charge >= 0.3 is 0 Å². The Kier molecular flexibility index (Phi) is 5.64. The monoisotopic (exact) mass is 474 g/mol. The summed E-state index contributed by atoms with van der Waals surface area (Å²) in [7, 11) is 0. The van der Waals surface area contributed by atoms with Gasteiger partial charge in [-0.25, -0.2) is 19.2 Å². The zero-order valence-corrected chi connectivity index (χ0v) is 15.3. The number of amides is 1. The van der Waals surface area contributed by atoms with E-state index in [0.717, 1.165) is 12.3 Å². The summed E-state index contributed by atoms with van der Waals surface area (Å²) in [5.74, 6) is -1.72. The standard InChI is InChI=1S/C16H13F2IN4O3/c17-8-5-10-13(16(25)23-26-4-3-24)15(22-14(10)20-7-8)21-12-2-1-9(19)6-11(12)18/h1-2,5-7,21,24H,3-4H2,(H,20,22)(H,23,25). The van der Waals surface area contributed by atoms with Gasteiger partial charge < -0.3 is 15.4 Å². The smallest absolute Gasteiger partial charge is 0.279 e. The van der Waals surface area contributed by atoms with E-state index in [1.54, 1.807) is 6.07 Å². The molecule has 0 bridgehead atoms. The minimum Gasteiger partial charge on any atom is -0.394 e. The van der Waals surface area contributed by atoms with Gasteiger partial charge in [-0.15, -0.1) is 0 Å². The number of pyridine rings is 1. The Balaban J connectivity index is 2.03. The van der Waals surface area contributed by atoms with Crippen LogP contribution in [0.2, 0.25) is 0 Å². The number of H-pyrrole nitrogens is 1. The maximum Gasteiger partial charge on any atom is 0.279 e. The number of nitrogens with one attached hydrogen (secondary N) is 3. The normalized spacial score (nSPS) is 10.9. The van der Waals surface area contributed by atoms with E-state index in [0.29, 0.717) is 3.57 Å². The van der Waals surface area contributed by atoms with Gasteiger partial charge in [0, 0.05) is 8.96 Å². The number of hydrogen-bond acceptors (Lipinski definition) is 5. The van der Waals surface area contributed by atoms with Crippen LogP contribution >= 0.6 is 22.6 Å². The quantitative estimate of drug-likeness (QED) is 0.250. The van der Waals surface area contributed by atoms with E-state index in [2.05, 4.69) is 20.8 Å². The van der Waals surface area contributed by atoms with E-state index >= 15 is 0 Å². The molecule has 0 aliphatic heterocycles. The molecule has 0 fully saturated rings. The molecule has 136 valence electrons. The van der Waals surface area contributed by atoms with Gasteiger partial charge in [0.05, 0.1) is 30.7 Å². The number of nitrogens with zero attached hydrogens (tertiary/aromatic N) is 1.